The zero-order valence-electron chi connectivity index (χ0n) is 15.8. The minimum absolute atomic E-state index is 0.0445. The quantitative estimate of drug-likeness (QED) is 0.645. The number of pyridine rings is 1. The van der Waals surface area contributed by atoms with Gasteiger partial charge in [-0.3, -0.25) is 19.5 Å². The van der Waals surface area contributed by atoms with Gasteiger partial charge in [-0.05, 0) is 31.5 Å². The van der Waals surface area contributed by atoms with E-state index in [2.05, 4.69) is 15.4 Å². The Morgan fingerprint density at radius 1 is 1.18 bits per heavy atom. The summed E-state index contributed by atoms with van der Waals surface area (Å²) in [7, 11) is 0. The topological polar surface area (TPSA) is 106 Å². The number of nitrogens with one attached hydrogen (secondary N) is 2. The summed E-state index contributed by atoms with van der Waals surface area (Å²) in [5, 5.41) is 5.96. The van der Waals surface area contributed by atoms with Crippen LogP contribution in [0.5, 0.6) is 5.88 Å². The number of hydrogen-bond donors (Lipinski definition) is 2. The molecular weight excluding hydrogens is 360 g/mol. The molecule has 0 saturated carbocycles. The number of rotatable bonds is 7. The lowest BCUT2D eigenvalue weighted by atomic mass is 10.2. The van der Waals surface area contributed by atoms with Gasteiger partial charge < -0.3 is 10.1 Å². The Kier molecular flexibility index (Phi) is 5.88. The third kappa shape index (κ3) is 4.64. The lowest BCUT2D eigenvalue weighted by molar-refractivity contribution is -0.121. The van der Waals surface area contributed by atoms with Gasteiger partial charge in [0, 0.05) is 25.2 Å². The van der Waals surface area contributed by atoms with Crippen LogP contribution >= 0.6 is 0 Å². The number of ether oxygens (including phenoxy) is 1. The maximum atomic E-state index is 12.4. The summed E-state index contributed by atoms with van der Waals surface area (Å²) in [5.74, 6) is 0.299. The largest absolute Gasteiger partial charge is 0.475 e. The Bertz CT molecular complexity index is 1080. The number of nitrogens with zero attached hydrogens (tertiary/aromatic N) is 2. The van der Waals surface area contributed by atoms with E-state index in [-0.39, 0.29) is 36.1 Å². The van der Waals surface area contributed by atoms with Crippen molar-refractivity contribution in [3.63, 3.8) is 0 Å². The van der Waals surface area contributed by atoms with Crippen LogP contribution in [0.4, 0.5) is 0 Å². The molecule has 0 spiro atoms. The fraction of sp³-hybridized carbons (Fsp3) is 0.300. The zero-order chi connectivity index (χ0) is 20.1. The van der Waals surface area contributed by atoms with Gasteiger partial charge in [-0.15, -0.1) is 0 Å². The van der Waals surface area contributed by atoms with E-state index < -0.39 is 0 Å². The average molecular weight is 382 g/mol. The van der Waals surface area contributed by atoms with Crippen LogP contribution in [0.2, 0.25) is 0 Å². The van der Waals surface area contributed by atoms with Gasteiger partial charge in [0.2, 0.25) is 11.8 Å². The predicted molar refractivity (Wildman–Crippen MR) is 105 cm³/mol. The average Bonchev–Trinajstić information content (AvgIpc) is 2.68. The Hall–Kier alpha value is -3.42. The van der Waals surface area contributed by atoms with E-state index in [0.29, 0.717) is 23.2 Å². The summed E-state index contributed by atoms with van der Waals surface area (Å²) in [4.78, 5) is 40.8. The number of carbonyl (C=O) groups excluding carboxylic acids is 1. The molecule has 28 heavy (non-hydrogen) atoms. The monoisotopic (exact) mass is 382 g/mol. The van der Waals surface area contributed by atoms with Crippen molar-refractivity contribution < 1.29 is 9.53 Å². The van der Waals surface area contributed by atoms with Crippen LogP contribution in [0.15, 0.2) is 52.2 Å². The molecule has 2 N–H and O–H groups in total. The van der Waals surface area contributed by atoms with Crippen molar-refractivity contribution in [2.24, 2.45) is 0 Å². The van der Waals surface area contributed by atoms with Gasteiger partial charge in [-0.25, -0.2) is 9.67 Å². The number of benzene rings is 1. The number of aryl methyl sites for hydroxylation is 1. The van der Waals surface area contributed by atoms with Crippen LogP contribution in [0.25, 0.3) is 10.8 Å². The Morgan fingerprint density at radius 2 is 1.93 bits per heavy atom. The summed E-state index contributed by atoms with van der Waals surface area (Å²) in [5.41, 5.74) is 0.152. The van der Waals surface area contributed by atoms with E-state index >= 15 is 0 Å². The first-order chi connectivity index (χ1) is 13.4. The third-order valence-electron chi connectivity index (χ3n) is 4.09. The number of aromatic nitrogens is 3. The molecule has 0 atom stereocenters. The number of aromatic amines is 1. The lowest BCUT2D eigenvalue weighted by Gasteiger charge is -2.10. The van der Waals surface area contributed by atoms with E-state index in [9.17, 15) is 14.4 Å². The van der Waals surface area contributed by atoms with Crippen LogP contribution in [-0.4, -0.2) is 26.8 Å². The third-order valence-corrected chi connectivity index (χ3v) is 4.09. The Labute approximate surface area is 161 Å². The fourth-order valence-corrected chi connectivity index (χ4v) is 2.73. The summed E-state index contributed by atoms with van der Waals surface area (Å²) in [6.45, 7) is 4.24. The molecule has 8 heteroatoms. The maximum Gasteiger partial charge on any atom is 0.273 e. The van der Waals surface area contributed by atoms with E-state index in [1.54, 1.807) is 36.5 Å². The number of hydrogen-bond acceptors (Lipinski definition) is 5. The molecule has 1 amide bonds. The van der Waals surface area contributed by atoms with Gasteiger partial charge in [0.25, 0.3) is 11.1 Å². The van der Waals surface area contributed by atoms with Crippen molar-refractivity contribution in [2.45, 2.75) is 39.5 Å². The molecule has 0 saturated heterocycles. The second-order valence-electron chi connectivity index (χ2n) is 6.64. The van der Waals surface area contributed by atoms with Crippen molar-refractivity contribution in [2.75, 3.05) is 0 Å². The highest BCUT2D eigenvalue weighted by atomic mass is 16.5. The molecule has 0 aliphatic heterocycles. The second-order valence-corrected chi connectivity index (χ2v) is 6.64. The van der Waals surface area contributed by atoms with Crippen molar-refractivity contribution in [3.05, 3.63) is 68.9 Å². The molecule has 3 rings (SSSR count). The normalized spacial score (nSPS) is 11.0. The van der Waals surface area contributed by atoms with Gasteiger partial charge in [0.05, 0.1) is 23.4 Å². The van der Waals surface area contributed by atoms with Crippen LogP contribution in [0.3, 0.4) is 0 Å². The van der Waals surface area contributed by atoms with Crippen LogP contribution < -0.4 is 21.2 Å². The van der Waals surface area contributed by atoms with Crippen molar-refractivity contribution in [1.82, 2.24) is 20.1 Å². The minimum atomic E-state index is -0.356. The number of H-pyrrole nitrogens is 1. The van der Waals surface area contributed by atoms with Crippen molar-refractivity contribution in [3.8, 4) is 5.88 Å². The van der Waals surface area contributed by atoms with Gasteiger partial charge in [-0.2, -0.15) is 0 Å². The molecule has 3 aromatic rings. The highest BCUT2D eigenvalue weighted by Gasteiger charge is 2.09. The summed E-state index contributed by atoms with van der Waals surface area (Å²) in [6.07, 6.45) is 1.75. The maximum absolute atomic E-state index is 12.4. The molecule has 0 radical (unpaired) electrons. The highest BCUT2D eigenvalue weighted by molar-refractivity contribution is 5.80. The van der Waals surface area contributed by atoms with Crippen LogP contribution in [0.1, 0.15) is 25.8 Å². The minimum Gasteiger partial charge on any atom is -0.475 e. The standard InChI is InChI=1S/C20H22N4O4/c1-13(2)28-18-8-7-14(12-22-18)11-21-17(25)9-10-24-20(27)16-6-4-3-5-15(16)19(26)23-24/h3-8,12-13H,9-11H2,1-2H3,(H,21,25)(H,23,26). The molecule has 0 bridgehead atoms. The zero-order valence-corrected chi connectivity index (χ0v) is 15.8. The molecule has 146 valence electrons. The predicted octanol–water partition coefficient (Wildman–Crippen LogP) is 1.58. The molecule has 0 unspecified atom stereocenters. The molecule has 0 aliphatic rings. The smallest absolute Gasteiger partial charge is 0.273 e. The molecular formula is C20H22N4O4. The van der Waals surface area contributed by atoms with E-state index in [1.165, 1.54) is 4.68 Å². The first-order valence-corrected chi connectivity index (χ1v) is 9.04. The molecule has 8 nitrogen and oxygen atoms in total. The summed E-state index contributed by atoms with van der Waals surface area (Å²) in [6, 6.07) is 10.2. The summed E-state index contributed by atoms with van der Waals surface area (Å²) >= 11 is 0. The van der Waals surface area contributed by atoms with Gasteiger partial charge in [0.15, 0.2) is 0 Å². The van der Waals surface area contributed by atoms with Crippen molar-refractivity contribution >= 4 is 16.7 Å². The Morgan fingerprint density at radius 3 is 2.61 bits per heavy atom. The van der Waals surface area contributed by atoms with E-state index in [1.807, 2.05) is 19.9 Å². The van der Waals surface area contributed by atoms with Gasteiger partial charge in [0.1, 0.15) is 0 Å². The van der Waals surface area contributed by atoms with E-state index in [4.69, 9.17) is 4.74 Å². The SMILES string of the molecule is CC(C)Oc1ccc(CNC(=O)CCn2[nH]c(=O)c3ccccc3c2=O)cn1. The van der Waals surface area contributed by atoms with Crippen molar-refractivity contribution in [1.29, 1.82) is 0 Å². The molecule has 1 aromatic carbocycles. The highest BCUT2D eigenvalue weighted by Crippen LogP contribution is 2.09. The summed E-state index contributed by atoms with van der Waals surface area (Å²) < 4.78 is 6.64. The van der Waals surface area contributed by atoms with Gasteiger partial charge >= 0.3 is 0 Å². The Balaban J connectivity index is 1.57. The second kappa shape index (κ2) is 8.51. The first-order valence-electron chi connectivity index (χ1n) is 9.04. The number of carbonyl (C=O) groups is 1. The van der Waals surface area contributed by atoms with E-state index in [0.717, 1.165) is 5.56 Å². The van der Waals surface area contributed by atoms with Crippen LogP contribution in [-0.2, 0) is 17.9 Å². The molecule has 2 heterocycles. The van der Waals surface area contributed by atoms with Gasteiger partial charge in [-0.1, -0.05) is 18.2 Å². The number of fused-ring (bicyclic) bond motifs is 1. The number of amides is 1. The first kappa shape index (κ1) is 19.3. The molecule has 0 fully saturated rings. The molecule has 2 aromatic heterocycles. The molecule has 0 aliphatic carbocycles. The lowest BCUT2D eigenvalue weighted by Crippen LogP contribution is -2.32. The fourth-order valence-electron chi connectivity index (χ4n) is 2.73. The van der Waals surface area contributed by atoms with Crippen LogP contribution in [0, 0.1) is 0 Å².